The summed E-state index contributed by atoms with van der Waals surface area (Å²) in [7, 11) is 0. The first kappa shape index (κ1) is 16.8. The van der Waals surface area contributed by atoms with Crippen molar-refractivity contribution in [2.75, 3.05) is 5.32 Å². The second-order valence-corrected chi connectivity index (χ2v) is 5.13. The van der Waals surface area contributed by atoms with Crippen molar-refractivity contribution in [2.24, 2.45) is 0 Å². The Morgan fingerprint density at radius 1 is 1.19 bits per heavy atom. The Balaban J connectivity index is 1.97. The summed E-state index contributed by atoms with van der Waals surface area (Å²) in [5, 5.41) is 22.0. The normalized spacial score (nSPS) is 10.9. The number of oxazole rings is 1. The van der Waals surface area contributed by atoms with Crippen LogP contribution in [-0.4, -0.2) is 26.9 Å². The molecule has 1 amide bonds. The SMILES string of the molecule is O=C(O)C=CC(=O)Nc1ccccc1-c1nc2ccc([N+](=O)[O-])cc2o1. The van der Waals surface area contributed by atoms with Crippen molar-refractivity contribution >= 4 is 34.4 Å². The van der Waals surface area contributed by atoms with Crippen LogP contribution in [0.5, 0.6) is 0 Å². The predicted molar refractivity (Wildman–Crippen MR) is 91.5 cm³/mol. The molecule has 2 aromatic carbocycles. The van der Waals surface area contributed by atoms with E-state index in [1.54, 1.807) is 24.3 Å². The number of non-ortho nitro benzene ring substituents is 1. The molecule has 3 aromatic rings. The van der Waals surface area contributed by atoms with Crippen LogP contribution in [0.15, 0.2) is 59.0 Å². The molecule has 9 heteroatoms. The number of nitrogens with zero attached hydrogens (tertiary/aromatic N) is 2. The van der Waals surface area contributed by atoms with Gasteiger partial charge in [0.1, 0.15) is 5.52 Å². The van der Waals surface area contributed by atoms with Crippen LogP contribution in [0.4, 0.5) is 11.4 Å². The highest BCUT2D eigenvalue weighted by atomic mass is 16.6. The fourth-order valence-corrected chi connectivity index (χ4v) is 2.24. The molecule has 1 aromatic heterocycles. The second-order valence-electron chi connectivity index (χ2n) is 5.13. The zero-order chi connectivity index (χ0) is 18.7. The Morgan fingerprint density at radius 2 is 1.96 bits per heavy atom. The lowest BCUT2D eigenvalue weighted by atomic mass is 10.1. The van der Waals surface area contributed by atoms with Crippen LogP contribution in [-0.2, 0) is 9.59 Å². The summed E-state index contributed by atoms with van der Waals surface area (Å²) in [6, 6.07) is 10.7. The number of para-hydroxylation sites is 1. The number of carbonyl (C=O) groups is 2. The maximum atomic E-state index is 11.8. The molecule has 2 N–H and O–H groups in total. The number of hydrogen-bond acceptors (Lipinski definition) is 6. The number of benzene rings is 2. The quantitative estimate of drug-likeness (QED) is 0.409. The van der Waals surface area contributed by atoms with E-state index in [-0.39, 0.29) is 17.2 Å². The monoisotopic (exact) mass is 353 g/mol. The maximum absolute atomic E-state index is 11.8. The summed E-state index contributed by atoms with van der Waals surface area (Å²) in [5.41, 5.74) is 1.34. The van der Waals surface area contributed by atoms with Gasteiger partial charge in [-0.1, -0.05) is 12.1 Å². The zero-order valence-corrected chi connectivity index (χ0v) is 13.1. The molecule has 26 heavy (non-hydrogen) atoms. The molecule has 130 valence electrons. The molecule has 9 nitrogen and oxygen atoms in total. The second kappa shape index (κ2) is 6.85. The number of nitro benzene ring substituents is 1. The number of carboxylic acids is 1. The average Bonchev–Trinajstić information content (AvgIpc) is 3.03. The fourth-order valence-electron chi connectivity index (χ4n) is 2.24. The van der Waals surface area contributed by atoms with Crippen LogP contribution < -0.4 is 5.32 Å². The van der Waals surface area contributed by atoms with Crippen molar-refractivity contribution in [3.63, 3.8) is 0 Å². The van der Waals surface area contributed by atoms with Crippen molar-refractivity contribution in [1.82, 2.24) is 4.98 Å². The highest BCUT2D eigenvalue weighted by Gasteiger charge is 2.15. The Kier molecular flexibility index (Phi) is 4.44. The summed E-state index contributed by atoms with van der Waals surface area (Å²) in [6.45, 7) is 0. The molecule has 0 spiro atoms. The molecular formula is C17H11N3O6. The minimum Gasteiger partial charge on any atom is -0.478 e. The third-order valence-corrected chi connectivity index (χ3v) is 3.38. The third-order valence-electron chi connectivity index (χ3n) is 3.38. The van der Waals surface area contributed by atoms with Crippen molar-refractivity contribution in [2.45, 2.75) is 0 Å². The first-order valence-electron chi connectivity index (χ1n) is 7.30. The summed E-state index contributed by atoms with van der Waals surface area (Å²) in [4.78, 5) is 36.9. The Labute approximate surface area is 145 Å². The van der Waals surface area contributed by atoms with Crippen LogP contribution in [0.25, 0.3) is 22.6 Å². The van der Waals surface area contributed by atoms with Gasteiger partial charge in [-0.25, -0.2) is 9.78 Å². The molecule has 0 saturated heterocycles. The van der Waals surface area contributed by atoms with Crippen LogP contribution in [0.1, 0.15) is 0 Å². The van der Waals surface area contributed by atoms with E-state index in [0.717, 1.165) is 12.2 Å². The Morgan fingerprint density at radius 3 is 2.69 bits per heavy atom. The Hall–Kier alpha value is -4.01. The average molecular weight is 353 g/mol. The van der Waals surface area contributed by atoms with Gasteiger partial charge in [0.05, 0.1) is 22.2 Å². The molecular weight excluding hydrogens is 342 g/mol. The number of nitrogens with one attached hydrogen (secondary N) is 1. The van der Waals surface area contributed by atoms with Crippen LogP contribution in [0.2, 0.25) is 0 Å². The van der Waals surface area contributed by atoms with Gasteiger partial charge in [-0.05, 0) is 18.2 Å². The number of anilines is 1. The molecule has 0 fully saturated rings. The van der Waals surface area contributed by atoms with E-state index in [0.29, 0.717) is 16.8 Å². The van der Waals surface area contributed by atoms with Gasteiger partial charge in [-0.2, -0.15) is 0 Å². The number of nitro groups is 1. The van der Waals surface area contributed by atoms with E-state index in [9.17, 15) is 19.7 Å². The molecule has 0 aliphatic rings. The number of aliphatic carboxylic acids is 1. The lowest BCUT2D eigenvalue weighted by molar-refractivity contribution is -0.384. The largest absolute Gasteiger partial charge is 0.478 e. The van der Waals surface area contributed by atoms with Gasteiger partial charge >= 0.3 is 5.97 Å². The van der Waals surface area contributed by atoms with Gasteiger partial charge in [-0.15, -0.1) is 0 Å². The van der Waals surface area contributed by atoms with Gasteiger partial charge < -0.3 is 14.8 Å². The van der Waals surface area contributed by atoms with E-state index < -0.39 is 16.8 Å². The lowest BCUT2D eigenvalue weighted by Crippen LogP contribution is -2.09. The van der Waals surface area contributed by atoms with E-state index in [1.165, 1.54) is 18.2 Å². The molecule has 0 radical (unpaired) electrons. The van der Waals surface area contributed by atoms with Gasteiger partial charge in [0.2, 0.25) is 11.8 Å². The van der Waals surface area contributed by atoms with E-state index >= 15 is 0 Å². The van der Waals surface area contributed by atoms with Crippen molar-refractivity contribution < 1.29 is 24.0 Å². The van der Waals surface area contributed by atoms with Crippen LogP contribution in [0, 0.1) is 10.1 Å². The smallest absolute Gasteiger partial charge is 0.328 e. The van der Waals surface area contributed by atoms with Gasteiger partial charge in [-0.3, -0.25) is 14.9 Å². The number of carbonyl (C=O) groups excluding carboxylic acids is 1. The molecule has 0 bridgehead atoms. The highest BCUT2D eigenvalue weighted by Crippen LogP contribution is 2.31. The van der Waals surface area contributed by atoms with Crippen LogP contribution >= 0.6 is 0 Å². The first-order valence-corrected chi connectivity index (χ1v) is 7.30. The number of rotatable bonds is 5. The van der Waals surface area contributed by atoms with Crippen molar-refractivity contribution in [1.29, 1.82) is 0 Å². The minimum atomic E-state index is -1.24. The molecule has 1 heterocycles. The number of hydrogen-bond donors (Lipinski definition) is 2. The molecule has 0 saturated carbocycles. The summed E-state index contributed by atoms with van der Waals surface area (Å²) in [5.74, 6) is -1.71. The molecule has 0 aliphatic carbocycles. The molecule has 3 rings (SSSR count). The number of carboxylic acid groups (broad SMARTS) is 1. The summed E-state index contributed by atoms with van der Waals surface area (Å²) in [6.07, 6.45) is 1.60. The van der Waals surface area contributed by atoms with Gasteiger partial charge in [0.25, 0.3) is 5.69 Å². The van der Waals surface area contributed by atoms with Gasteiger partial charge in [0.15, 0.2) is 5.58 Å². The van der Waals surface area contributed by atoms with Crippen molar-refractivity contribution in [3.05, 3.63) is 64.7 Å². The lowest BCUT2D eigenvalue weighted by Gasteiger charge is -2.06. The van der Waals surface area contributed by atoms with Gasteiger partial charge in [0, 0.05) is 18.2 Å². The molecule has 0 unspecified atom stereocenters. The van der Waals surface area contributed by atoms with E-state index in [2.05, 4.69) is 10.3 Å². The minimum absolute atomic E-state index is 0.124. The maximum Gasteiger partial charge on any atom is 0.328 e. The Bertz CT molecular complexity index is 1050. The molecule has 0 atom stereocenters. The fraction of sp³-hybridized carbons (Fsp3) is 0. The topological polar surface area (TPSA) is 136 Å². The summed E-state index contributed by atoms with van der Waals surface area (Å²) < 4.78 is 5.59. The van der Waals surface area contributed by atoms with E-state index in [4.69, 9.17) is 9.52 Å². The third kappa shape index (κ3) is 3.56. The highest BCUT2D eigenvalue weighted by molar-refractivity contribution is 6.04. The van der Waals surface area contributed by atoms with Crippen molar-refractivity contribution in [3.8, 4) is 11.5 Å². The predicted octanol–water partition coefficient (Wildman–Crippen LogP) is 2.98. The molecule has 0 aliphatic heterocycles. The standard InChI is InChI=1S/C17H11N3O6/c21-15(7-8-16(22)23)18-12-4-2-1-3-11(12)17-19-13-6-5-10(20(24)25)9-14(13)26-17/h1-9H,(H,18,21)(H,22,23). The van der Waals surface area contributed by atoms with Crippen LogP contribution in [0.3, 0.4) is 0 Å². The number of fused-ring (bicyclic) bond motifs is 1. The van der Waals surface area contributed by atoms with E-state index in [1.807, 2.05) is 0 Å². The number of amides is 1. The first-order chi connectivity index (χ1) is 12.4. The summed E-state index contributed by atoms with van der Waals surface area (Å²) >= 11 is 0. The number of aromatic nitrogens is 1. The zero-order valence-electron chi connectivity index (χ0n) is 13.1.